The van der Waals surface area contributed by atoms with Gasteiger partial charge in [0.25, 0.3) is 0 Å². The second-order valence-electron chi connectivity index (χ2n) is 4.03. The quantitative estimate of drug-likeness (QED) is 0.834. The minimum atomic E-state index is -4.25. The highest BCUT2D eigenvalue weighted by Gasteiger charge is 2.30. The van der Waals surface area contributed by atoms with E-state index < -0.39 is 12.7 Å². The number of rotatable bonds is 7. The first kappa shape index (κ1) is 15.4. The van der Waals surface area contributed by atoms with E-state index in [2.05, 4.69) is 4.98 Å². The van der Waals surface area contributed by atoms with Crippen LogP contribution in [0.25, 0.3) is 0 Å². The number of nitrogens with zero attached hydrogens (tertiary/aromatic N) is 2. The molecule has 0 spiro atoms. The summed E-state index contributed by atoms with van der Waals surface area (Å²) in [5.41, 5.74) is 0.640. The lowest BCUT2D eigenvalue weighted by atomic mass is 10.3. The third-order valence-corrected chi connectivity index (χ3v) is 3.23. The Labute approximate surface area is 108 Å². The topological polar surface area (TPSA) is 36.4 Å². The number of aryl methyl sites for hydroxylation is 1. The fraction of sp³-hybridized carbons (Fsp3) is 0.727. The molecule has 0 bridgehead atoms. The van der Waals surface area contributed by atoms with Gasteiger partial charge in [-0.05, 0) is 12.8 Å². The average molecular weight is 282 g/mol. The van der Waals surface area contributed by atoms with Gasteiger partial charge in [-0.25, -0.2) is 4.98 Å². The van der Waals surface area contributed by atoms with Gasteiger partial charge in [-0.1, -0.05) is 6.92 Å². The van der Waals surface area contributed by atoms with Gasteiger partial charge in [0.1, 0.15) is 0 Å². The van der Waals surface area contributed by atoms with Gasteiger partial charge in [-0.15, -0.1) is 11.3 Å². The number of aliphatic hydroxyl groups excluding tert-OH is 1. The summed E-state index contributed by atoms with van der Waals surface area (Å²) in [5, 5.41) is 11.5. The normalized spacial score (nSPS) is 12.3. The Morgan fingerprint density at radius 3 is 2.72 bits per heavy atom. The zero-order chi connectivity index (χ0) is 13.6. The molecule has 1 aromatic heterocycles. The molecule has 3 nitrogen and oxygen atoms in total. The smallest absolute Gasteiger partial charge is 0.395 e. The fourth-order valence-corrected chi connectivity index (χ4v) is 2.48. The molecule has 104 valence electrons. The van der Waals surface area contributed by atoms with Crippen LogP contribution in [0, 0.1) is 0 Å². The van der Waals surface area contributed by atoms with Crippen LogP contribution in [0.4, 0.5) is 13.2 Å². The van der Waals surface area contributed by atoms with E-state index in [9.17, 15) is 13.2 Å². The van der Waals surface area contributed by atoms with Gasteiger partial charge < -0.3 is 5.11 Å². The van der Waals surface area contributed by atoms with E-state index in [1.165, 1.54) is 11.3 Å². The van der Waals surface area contributed by atoms with Gasteiger partial charge in [0.2, 0.25) is 0 Å². The van der Waals surface area contributed by atoms with Crippen LogP contribution >= 0.6 is 11.3 Å². The zero-order valence-electron chi connectivity index (χ0n) is 10.2. The first-order valence-corrected chi connectivity index (χ1v) is 6.65. The maximum Gasteiger partial charge on any atom is 0.401 e. The van der Waals surface area contributed by atoms with E-state index in [0.29, 0.717) is 5.69 Å². The SMILES string of the molecule is CCCc1nc(CN(CCO)CC(F)(F)F)cs1. The lowest BCUT2D eigenvalue weighted by molar-refractivity contribution is -0.148. The molecule has 0 unspecified atom stereocenters. The Hall–Kier alpha value is -0.660. The Balaban J connectivity index is 2.58. The van der Waals surface area contributed by atoms with E-state index in [-0.39, 0.29) is 19.7 Å². The molecule has 0 amide bonds. The van der Waals surface area contributed by atoms with Crippen molar-refractivity contribution in [2.75, 3.05) is 19.7 Å². The lowest BCUT2D eigenvalue weighted by Crippen LogP contribution is -2.35. The van der Waals surface area contributed by atoms with Crippen molar-refractivity contribution >= 4 is 11.3 Å². The summed E-state index contributed by atoms with van der Waals surface area (Å²) in [6.45, 7) is 0.847. The Morgan fingerprint density at radius 2 is 2.17 bits per heavy atom. The van der Waals surface area contributed by atoms with Crippen molar-refractivity contribution in [3.8, 4) is 0 Å². The number of alkyl halides is 3. The molecular formula is C11H17F3N2OS. The summed E-state index contributed by atoms with van der Waals surface area (Å²) >= 11 is 1.47. The molecule has 1 aromatic rings. The summed E-state index contributed by atoms with van der Waals surface area (Å²) in [4.78, 5) is 5.44. The maximum atomic E-state index is 12.3. The minimum absolute atomic E-state index is 0.000147. The lowest BCUT2D eigenvalue weighted by Gasteiger charge is -2.21. The molecule has 1 N–H and O–H groups in total. The van der Waals surface area contributed by atoms with Crippen LogP contribution in [0.15, 0.2) is 5.38 Å². The summed E-state index contributed by atoms with van der Waals surface area (Å²) in [6, 6.07) is 0. The molecule has 0 aliphatic heterocycles. The second-order valence-corrected chi connectivity index (χ2v) is 4.97. The number of halogens is 3. The summed E-state index contributed by atoms with van der Waals surface area (Å²) in [7, 11) is 0. The molecule has 18 heavy (non-hydrogen) atoms. The van der Waals surface area contributed by atoms with E-state index in [1.807, 2.05) is 6.92 Å². The highest BCUT2D eigenvalue weighted by Crippen LogP contribution is 2.19. The van der Waals surface area contributed by atoms with Crippen LogP contribution in [0.3, 0.4) is 0 Å². The van der Waals surface area contributed by atoms with Crippen molar-refractivity contribution in [1.82, 2.24) is 9.88 Å². The Bertz CT molecular complexity index is 354. The summed E-state index contributed by atoms with van der Waals surface area (Å²) in [5.74, 6) is 0. The van der Waals surface area contributed by atoms with Gasteiger partial charge in [0, 0.05) is 18.5 Å². The van der Waals surface area contributed by atoms with Gasteiger partial charge in [0.15, 0.2) is 0 Å². The number of aromatic nitrogens is 1. The van der Waals surface area contributed by atoms with Crippen LogP contribution in [-0.2, 0) is 13.0 Å². The van der Waals surface area contributed by atoms with Crippen molar-refractivity contribution in [2.24, 2.45) is 0 Å². The first-order chi connectivity index (χ1) is 8.44. The van der Waals surface area contributed by atoms with Gasteiger partial charge in [0.05, 0.1) is 23.9 Å². The third kappa shape index (κ3) is 5.79. The summed E-state index contributed by atoms with van der Waals surface area (Å²) in [6.07, 6.45) is -2.43. The molecule has 0 saturated carbocycles. The molecule has 0 saturated heterocycles. The van der Waals surface area contributed by atoms with E-state index in [0.717, 1.165) is 22.7 Å². The van der Waals surface area contributed by atoms with Crippen LogP contribution in [0.5, 0.6) is 0 Å². The van der Waals surface area contributed by atoms with Crippen LogP contribution in [0.2, 0.25) is 0 Å². The highest BCUT2D eigenvalue weighted by atomic mass is 32.1. The molecule has 0 radical (unpaired) electrons. The largest absolute Gasteiger partial charge is 0.401 e. The molecule has 1 rings (SSSR count). The summed E-state index contributed by atoms with van der Waals surface area (Å²) < 4.78 is 36.9. The number of aliphatic hydroxyl groups is 1. The highest BCUT2D eigenvalue weighted by molar-refractivity contribution is 7.09. The first-order valence-electron chi connectivity index (χ1n) is 5.78. The van der Waals surface area contributed by atoms with Crippen LogP contribution in [-0.4, -0.2) is 40.9 Å². The molecule has 1 heterocycles. The number of thiazole rings is 1. The van der Waals surface area contributed by atoms with Crippen molar-refractivity contribution in [3.05, 3.63) is 16.1 Å². The van der Waals surface area contributed by atoms with Gasteiger partial charge in [-0.3, -0.25) is 4.90 Å². The van der Waals surface area contributed by atoms with Gasteiger partial charge in [-0.2, -0.15) is 13.2 Å². The van der Waals surface area contributed by atoms with E-state index in [1.54, 1.807) is 5.38 Å². The second kappa shape index (κ2) is 7.06. The van der Waals surface area contributed by atoms with Crippen LogP contribution in [0.1, 0.15) is 24.0 Å². The molecule has 0 aliphatic rings. The number of hydrogen-bond acceptors (Lipinski definition) is 4. The standard InChI is InChI=1S/C11H17F3N2OS/c1-2-3-10-15-9(7-18-10)6-16(4-5-17)8-11(12,13)14/h7,17H,2-6,8H2,1H3. The molecular weight excluding hydrogens is 265 g/mol. The van der Waals surface area contributed by atoms with E-state index in [4.69, 9.17) is 5.11 Å². The predicted octanol–water partition coefficient (Wildman–Crippen LogP) is 2.45. The molecule has 0 aliphatic carbocycles. The monoisotopic (exact) mass is 282 g/mol. The zero-order valence-corrected chi connectivity index (χ0v) is 11.0. The van der Waals surface area contributed by atoms with Crippen LogP contribution < -0.4 is 0 Å². The molecule has 0 aromatic carbocycles. The molecule has 0 atom stereocenters. The Kier molecular flexibility index (Phi) is 6.04. The maximum absolute atomic E-state index is 12.3. The molecule has 0 fully saturated rings. The Morgan fingerprint density at radius 1 is 1.44 bits per heavy atom. The average Bonchev–Trinajstić information content (AvgIpc) is 2.64. The van der Waals surface area contributed by atoms with Crippen molar-refractivity contribution in [1.29, 1.82) is 0 Å². The minimum Gasteiger partial charge on any atom is -0.395 e. The predicted molar refractivity (Wildman–Crippen MR) is 64.5 cm³/mol. The van der Waals surface area contributed by atoms with E-state index >= 15 is 0 Å². The van der Waals surface area contributed by atoms with Crippen molar-refractivity contribution in [2.45, 2.75) is 32.5 Å². The third-order valence-electron chi connectivity index (χ3n) is 2.27. The van der Waals surface area contributed by atoms with Crippen molar-refractivity contribution < 1.29 is 18.3 Å². The molecule has 7 heteroatoms. The van der Waals surface area contributed by atoms with Crippen molar-refractivity contribution in [3.63, 3.8) is 0 Å². The fourth-order valence-electron chi connectivity index (χ4n) is 1.59. The number of hydrogen-bond donors (Lipinski definition) is 1. The van der Waals surface area contributed by atoms with Gasteiger partial charge >= 0.3 is 6.18 Å².